The van der Waals surface area contributed by atoms with E-state index < -0.39 is 0 Å². The number of carbonyl (C=O) groups excluding carboxylic acids is 1. The lowest BCUT2D eigenvalue weighted by Crippen LogP contribution is -2.46. The maximum Gasteiger partial charge on any atom is 0.222 e. The van der Waals surface area contributed by atoms with E-state index in [1.165, 1.54) is 11.1 Å². The number of amides is 1. The molecule has 1 heterocycles. The number of nitrogens with one attached hydrogen (secondary N) is 2. The molecule has 28 heavy (non-hydrogen) atoms. The van der Waals surface area contributed by atoms with Crippen LogP contribution in [0.4, 0.5) is 0 Å². The van der Waals surface area contributed by atoms with E-state index in [2.05, 4.69) is 60.7 Å². The lowest BCUT2D eigenvalue weighted by Gasteiger charge is -2.19. The van der Waals surface area contributed by atoms with Gasteiger partial charge in [0, 0.05) is 44.1 Å². The molecule has 1 saturated carbocycles. The molecule has 0 bridgehead atoms. The molecule has 2 fully saturated rings. The largest absolute Gasteiger partial charge is 0.353 e. The van der Waals surface area contributed by atoms with Gasteiger partial charge in [-0.3, -0.25) is 9.79 Å². The first-order chi connectivity index (χ1) is 13.0. The molecule has 0 radical (unpaired) electrons. The number of halogens is 1. The molecule has 0 aromatic heterocycles. The monoisotopic (exact) mass is 498 g/mol. The molecule has 1 aliphatic heterocycles. The number of hydrogen-bond donors (Lipinski definition) is 2. The van der Waals surface area contributed by atoms with E-state index in [-0.39, 0.29) is 29.9 Å². The Morgan fingerprint density at radius 3 is 2.54 bits per heavy atom. The Bertz CT molecular complexity index is 674. The number of rotatable bonds is 6. The zero-order chi connectivity index (χ0) is 19.4. The third-order valence-electron chi connectivity index (χ3n) is 5.64. The van der Waals surface area contributed by atoms with E-state index in [9.17, 15) is 4.79 Å². The molecule has 2 N–H and O–H groups in total. The molecule has 2 aliphatic rings. The van der Waals surface area contributed by atoms with Crippen molar-refractivity contribution in [3.05, 3.63) is 35.4 Å². The summed E-state index contributed by atoms with van der Waals surface area (Å²) in [4.78, 5) is 18.4. The molecule has 3 unspecified atom stereocenters. The van der Waals surface area contributed by atoms with Crippen LogP contribution in [0.5, 0.6) is 0 Å². The predicted molar refractivity (Wildman–Crippen MR) is 127 cm³/mol. The SMILES string of the molecule is CCN=C(NC1CCN(C(=O)CC)C1)NC1CC1c1ccc(C(C)C)cc1.I. The second-order valence-electron chi connectivity index (χ2n) is 8.06. The number of likely N-dealkylation sites (tertiary alicyclic amines) is 1. The van der Waals surface area contributed by atoms with Gasteiger partial charge in [-0.2, -0.15) is 0 Å². The summed E-state index contributed by atoms with van der Waals surface area (Å²) in [5.41, 5.74) is 2.81. The van der Waals surface area contributed by atoms with Crippen molar-refractivity contribution in [1.82, 2.24) is 15.5 Å². The number of aliphatic imine (C=N–C) groups is 1. The molecule has 156 valence electrons. The van der Waals surface area contributed by atoms with Crippen molar-refractivity contribution in [3.8, 4) is 0 Å². The van der Waals surface area contributed by atoms with Crippen molar-refractivity contribution in [1.29, 1.82) is 0 Å². The summed E-state index contributed by atoms with van der Waals surface area (Å²) < 4.78 is 0. The van der Waals surface area contributed by atoms with Crippen LogP contribution in [0.15, 0.2) is 29.3 Å². The van der Waals surface area contributed by atoms with E-state index in [1.807, 2.05) is 11.8 Å². The molecule has 5 nitrogen and oxygen atoms in total. The first-order valence-electron chi connectivity index (χ1n) is 10.5. The molecule has 6 heteroatoms. The van der Waals surface area contributed by atoms with Crippen LogP contribution in [0.1, 0.15) is 69.9 Å². The maximum absolute atomic E-state index is 11.9. The molecule has 1 aromatic rings. The van der Waals surface area contributed by atoms with Gasteiger partial charge >= 0.3 is 0 Å². The quantitative estimate of drug-likeness (QED) is 0.356. The Morgan fingerprint density at radius 1 is 1.21 bits per heavy atom. The number of carbonyl (C=O) groups is 1. The van der Waals surface area contributed by atoms with Crippen LogP contribution in [0.2, 0.25) is 0 Å². The lowest BCUT2D eigenvalue weighted by molar-refractivity contribution is -0.129. The van der Waals surface area contributed by atoms with Gasteiger partial charge in [-0.05, 0) is 36.8 Å². The standard InChI is InChI=1S/C22H34N4O.HI/c1-5-21(27)26-12-11-18(14-26)24-22(23-6-2)25-20-13-19(20)17-9-7-16(8-10-17)15(3)4;/h7-10,15,18-20H,5-6,11-14H2,1-4H3,(H2,23,24,25);1H. The van der Waals surface area contributed by atoms with Gasteiger partial charge in [0.05, 0.1) is 0 Å². The highest BCUT2D eigenvalue weighted by Crippen LogP contribution is 2.41. The van der Waals surface area contributed by atoms with Crippen molar-refractivity contribution in [3.63, 3.8) is 0 Å². The minimum absolute atomic E-state index is 0. The molecule has 1 amide bonds. The maximum atomic E-state index is 11.9. The molecular weight excluding hydrogens is 463 g/mol. The Morgan fingerprint density at radius 2 is 1.93 bits per heavy atom. The number of benzene rings is 1. The number of hydrogen-bond acceptors (Lipinski definition) is 2. The summed E-state index contributed by atoms with van der Waals surface area (Å²) in [6.07, 6.45) is 2.72. The smallest absolute Gasteiger partial charge is 0.222 e. The zero-order valence-corrected chi connectivity index (χ0v) is 19.9. The van der Waals surface area contributed by atoms with Crippen molar-refractivity contribution in [2.75, 3.05) is 19.6 Å². The van der Waals surface area contributed by atoms with Crippen molar-refractivity contribution < 1.29 is 4.79 Å². The van der Waals surface area contributed by atoms with E-state index in [0.29, 0.717) is 30.3 Å². The van der Waals surface area contributed by atoms with Gasteiger partial charge in [-0.1, -0.05) is 45.0 Å². The highest BCUT2D eigenvalue weighted by molar-refractivity contribution is 14.0. The Hall–Kier alpha value is -1.31. The highest BCUT2D eigenvalue weighted by Gasteiger charge is 2.39. The Kier molecular flexibility index (Phi) is 8.58. The van der Waals surface area contributed by atoms with E-state index in [4.69, 9.17) is 0 Å². The summed E-state index contributed by atoms with van der Waals surface area (Å²) in [6.45, 7) is 10.8. The molecule has 1 saturated heterocycles. The van der Waals surface area contributed by atoms with Gasteiger partial charge in [0.25, 0.3) is 0 Å². The van der Waals surface area contributed by atoms with Crippen LogP contribution >= 0.6 is 24.0 Å². The van der Waals surface area contributed by atoms with Gasteiger partial charge in [0.1, 0.15) is 0 Å². The average Bonchev–Trinajstić information content (AvgIpc) is 3.27. The van der Waals surface area contributed by atoms with Gasteiger partial charge in [0.15, 0.2) is 5.96 Å². The summed E-state index contributed by atoms with van der Waals surface area (Å²) in [5.74, 6) is 2.27. The Labute approximate surface area is 186 Å². The van der Waals surface area contributed by atoms with Gasteiger partial charge < -0.3 is 15.5 Å². The van der Waals surface area contributed by atoms with Crippen molar-refractivity contribution in [2.45, 2.75) is 70.9 Å². The second-order valence-corrected chi connectivity index (χ2v) is 8.06. The number of nitrogens with zero attached hydrogens (tertiary/aromatic N) is 2. The van der Waals surface area contributed by atoms with Crippen LogP contribution in [-0.4, -0.2) is 48.5 Å². The fourth-order valence-electron chi connectivity index (χ4n) is 3.84. The van der Waals surface area contributed by atoms with Crippen molar-refractivity contribution >= 4 is 35.8 Å². The molecule has 1 aromatic carbocycles. The predicted octanol–water partition coefficient (Wildman–Crippen LogP) is 3.85. The minimum atomic E-state index is 0. The van der Waals surface area contributed by atoms with Crippen LogP contribution in [0.3, 0.4) is 0 Å². The summed E-state index contributed by atoms with van der Waals surface area (Å²) in [6, 6.07) is 9.80. The van der Waals surface area contributed by atoms with Gasteiger partial charge in [0.2, 0.25) is 5.91 Å². The third-order valence-corrected chi connectivity index (χ3v) is 5.64. The van der Waals surface area contributed by atoms with Crippen LogP contribution < -0.4 is 10.6 Å². The molecule has 3 atom stereocenters. The van der Waals surface area contributed by atoms with E-state index in [0.717, 1.165) is 38.4 Å². The lowest BCUT2D eigenvalue weighted by atomic mass is 10.0. The average molecular weight is 498 g/mol. The summed E-state index contributed by atoms with van der Waals surface area (Å²) in [5, 5.41) is 7.14. The van der Waals surface area contributed by atoms with Gasteiger partial charge in [-0.15, -0.1) is 24.0 Å². The second kappa shape index (κ2) is 10.5. The van der Waals surface area contributed by atoms with Crippen molar-refractivity contribution in [2.24, 2.45) is 4.99 Å². The first kappa shape index (κ1) is 23.0. The third kappa shape index (κ3) is 5.84. The first-order valence-corrected chi connectivity index (χ1v) is 10.5. The van der Waals surface area contributed by atoms with Crippen LogP contribution in [0, 0.1) is 0 Å². The fraction of sp³-hybridized carbons (Fsp3) is 0.636. The number of guanidine groups is 1. The molecule has 1 aliphatic carbocycles. The van der Waals surface area contributed by atoms with Gasteiger partial charge in [-0.25, -0.2) is 0 Å². The topological polar surface area (TPSA) is 56.7 Å². The zero-order valence-electron chi connectivity index (χ0n) is 17.6. The fourth-order valence-corrected chi connectivity index (χ4v) is 3.84. The van der Waals surface area contributed by atoms with E-state index >= 15 is 0 Å². The van der Waals surface area contributed by atoms with E-state index in [1.54, 1.807) is 0 Å². The highest BCUT2D eigenvalue weighted by atomic mass is 127. The minimum Gasteiger partial charge on any atom is -0.353 e. The van der Waals surface area contributed by atoms with Crippen LogP contribution in [-0.2, 0) is 4.79 Å². The summed E-state index contributed by atoms with van der Waals surface area (Å²) in [7, 11) is 0. The van der Waals surface area contributed by atoms with Crippen LogP contribution in [0.25, 0.3) is 0 Å². The molecular formula is C22H35IN4O. The normalized spacial score (nSPS) is 24.1. The molecule has 3 rings (SSSR count). The Balaban J connectivity index is 0.00000280. The molecule has 0 spiro atoms. The summed E-state index contributed by atoms with van der Waals surface area (Å²) >= 11 is 0.